The minimum absolute atomic E-state index is 0. The zero-order chi connectivity index (χ0) is 10.2. The first-order chi connectivity index (χ1) is 6.00. The fraction of sp³-hybridized carbons (Fsp3) is 0.333. The number of urea groups is 1. The third-order valence-electron chi connectivity index (χ3n) is 1.68. The summed E-state index contributed by atoms with van der Waals surface area (Å²) in [7, 11) is 2.33. The number of imide groups is 2. The Kier molecular flexibility index (Phi) is 4.88. The van der Waals surface area contributed by atoms with Crippen LogP contribution in [0.2, 0.25) is 0 Å². The van der Waals surface area contributed by atoms with Gasteiger partial charge < -0.3 is 10.4 Å². The van der Waals surface area contributed by atoms with Gasteiger partial charge >= 0.3 is 57.4 Å². The van der Waals surface area contributed by atoms with Crippen LogP contribution in [-0.4, -0.2) is 47.5 Å². The van der Waals surface area contributed by atoms with E-state index in [9.17, 15) is 19.6 Å². The van der Waals surface area contributed by atoms with Crippen LogP contribution in [0.15, 0.2) is 5.16 Å². The topological polar surface area (TPSA) is 93.1 Å². The zero-order valence-corrected chi connectivity index (χ0v) is 11.1. The van der Waals surface area contributed by atoms with Crippen molar-refractivity contribution in [1.29, 1.82) is 0 Å². The van der Waals surface area contributed by atoms with Crippen molar-refractivity contribution in [3.63, 3.8) is 0 Å². The van der Waals surface area contributed by atoms with Gasteiger partial charge in [-0.25, -0.2) is 4.79 Å². The molecule has 0 radical (unpaired) electrons. The van der Waals surface area contributed by atoms with E-state index in [1.54, 1.807) is 0 Å². The summed E-state index contributed by atoms with van der Waals surface area (Å²) in [5.74, 6) is -1.94. The molecule has 8 heteroatoms. The van der Waals surface area contributed by atoms with E-state index < -0.39 is 23.6 Å². The van der Waals surface area contributed by atoms with Gasteiger partial charge in [-0.3, -0.25) is 19.4 Å². The van der Waals surface area contributed by atoms with Crippen LogP contribution in [0.3, 0.4) is 0 Å². The van der Waals surface area contributed by atoms with Crippen molar-refractivity contribution in [1.82, 2.24) is 9.80 Å². The number of amides is 4. The quantitative estimate of drug-likeness (QED) is 0.309. The number of nitrogens with zero attached hydrogens (tertiary/aromatic N) is 3. The molecule has 1 aliphatic heterocycles. The standard InChI is InChI=1S/C6H7N3O4.K/c1-8-4(10)3(7-13)5(11)9(2)6(8)12;/h13H,1-2H3;/q;+1/p-1. The molecule has 4 amide bonds. The molecule has 0 aliphatic carbocycles. The molecule has 0 saturated carbocycles. The van der Waals surface area contributed by atoms with E-state index in [1.807, 2.05) is 0 Å². The number of rotatable bonds is 0. The number of carbonyl (C=O) groups is 3. The van der Waals surface area contributed by atoms with Gasteiger partial charge in [-0.2, -0.15) is 0 Å². The molecule has 1 heterocycles. The number of hydrogen-bond donors (Lipinski definition) is 0. The minimum Gasteiger partial charge on any atom is -0.791 e. The summed E-state index contributed by atoms with van der Waals surface area (Å²) in [5, 5.41) is 12.4. The zero-order valence-electron chi connectivity index (χ0n) is 7.97. The van der Waals surface area contributed by atoms with Gasteiger partial charge in [-0.05, 0) is 0 Å². The van der Waals surface area contributed by atoms with Crippen molar-refractivity contribution in [2.75, 3.05) is 14.1 Å². The van der Waals surface area contributed by atoms with Gasteiger partial charge in [0.25, 0.3) is 11.8 Å². The minimum atomic E-state index is -0.969. The summed E-state index contributed by atoms with van der Waals surface area (Å²) < 4.78 is 0. The van der Waals surface area contributed by atoms with Crippen LogP contribution in [0.25, 0.3) is 0 Å². The fourth-order valence-electron chi connectivity index (χ4n) is 0.886. The van der Waals surface area contributed by atoms with Crippen LogP contribution in [0.1, 0.15) is 0 Å². The summed E-state index contributed by atoms with van der Waals surface area (Å²) >= 11 is 0. The SMILES string of the molecule is CN1C(=O)C(=N[O-])C(=O)N(C)C1=O.[K+]. The molecule has 14 heavy (non-hydrogen) atoms. The van der Waals surface area contributed by atoms with Gasteiger partial charge in [0.2, 0.25) is 0 Å². The van der Waals surface area contributed by atoms with Gasteiger partial charge in [0.05, 0.1) is 0 Å². The molecular formula is C6H6KN3O4. The third-order valence-corrected chi connectivity index (χ3v) is 1.68. The smallest absolute Gasteiger partial charge is 0.791 e. The Hall–Kier alpha value is -0.284. The van der Waals surface area contributed by atoms with Gasteiger partial charge in [-0.1, -0.05) is 0 Å². The van der Waals surface area contributed by atoms with E-state index in [-0.39, 0.29) is 51.4 Å². The first-order valence-corrected chi connectivity index (χ1v) is 3.31. The van der Waals surface area contributed by atoms with E-state index in [1.165, 1.54) is 14.1 Å². The van der Waals surface area contributed by atoms with Crippen LogP contribution in [0.4, 0.5) is 4.79 Å². The average molecular weight is 223 g/mol. The molecule has 1 fully saturated rings. The van der Waals surface area contributed by atoms with Crippen molar-refractivity contribution >= 4 is 23.6 Å². The maximum atomic E-state index is 11.1. The van der Waals surface area contributed by atoms with E-state index in [0.717, 1.165) is 0 Å². The first-order valence-electron chi connectivity index (χ1n) is 3.31. The maximum absolute atomic E-state index is 11.1. The molecule has 70 valence electrons. The summed E-state index contributed by atoms with van der Waals surface area (Å²) in [4.78, 5) is 34.5. The summed E-state index contributed by atoms with van der Waals surface area (Å²) in [5.41, 5.74) is -0.774. The molecule has 0 atom stereocenters. The summed E-state index contributed by atoms with van der Waals surface area (Å²) in [6, 6.07) is -0.776. The largest absolute Gasteiger partial charge is 1.00 e. The predicted octanol–water partition coefficient (Wildman–Crippen LogP) is -4.02. The molecule has 1 saturated heterocycles. The van der Waals surface area contributed by atoms with Crippen LogP contribution >= 0.6 is 0 Å². The van der Waals surface area contributed by atoms with E-state index in [4.69, 9.17) is 0 Å². The Labute approximate surface area is 122 Å². The molecule has 1 rings (SSSR count). The van der Waals surface area contributed by atoms with Crippen LogP contribution < -0.4 is 51.4 Å². The Morgan fingerprint density at radius 3 is 1.71 bits per heavy atom. The molecule has 0 bridgehead atoms. The van der Waals surface area contributed by atoms with Gasteiger partial charge in [0, 0.05) is 14.1 Å². The molecule has 0 aromatic heterocycles. The Morgan fingerprint density at radius 2 is 1.43 bits per heavy atom. The van der Waals surface area contributed by atoms with Gasteiger partial charge in [0.1, 0.15) is 0 Å². The Morgan fingerprint density at radius 1 is 1.07 bits per heavy atom. The maximum Gasteiger partial charge on any atom is 1.00 e. The van der Waals surface area contributed by atoms with Crippen molar-refractivity contribution in [3.8, 4) is 0 Å². The van der Waals surface area contributed by atoms with Crippen molar-refractivity contribution < 1.29 is 65.8 Å². The molecule has 0 spiro atoms. The van der Waals surface area contributed by atoms with Gasteiger partial charge in [-0.15, -0.1) is 0 Å². The Balaban J connectivity index is 0.00000169. The molecule has 0 aromatic rings. The van der Waals surface area contributed by atoms with Crippen LogP contribution in [0.5, 0.6) is 0 Å². The summed E-state index contributed by atoms with van der Waals surface area (Å²) in [6.07, 6.45) is 0. The second-order valence-corrected chi connectivity index (χ2v) is 2.45. The molecule has 0 aromatic carbocycles. The molecule has 0 unspecified atom stereocenters. The van der Waals surface area contributed by atoms with E-state index >= 15 is 0 Å². The fourth-order valence-corrected chi connectivity index (χ4v) is 0.886. The predicted molar refractivity (Wildman–Crippen MR) is 41.7 cm³/mol. The van der Waals surface area contributed by atoms with Crippen LogP contribution in [0, 0.1) is 5.21 Å². The molecule has 7 nitrogen and oxygen atoms in total. The third kappa shape index (κ3) is 2.03. The first kappa shape index (κ1) is 13.7. The number of carbonyl (C=O) groups excluding carboxylic acids is 3. The van der Waals surface area contributed by atoms with Crippen molar-refractivity contribution in [2.24, 2.45) is 5.16 Å². The second-order valence-electron chi connectivity index (χ2n) is 2.45. The molecule has 0 N–H and O–H groups in total. The van der Waals surface area contributed by atoms with Crippen molar-refractivity contribution in [2.45, 2.75) is 0 Å². The van der Waals surface area contributed by atoms with E-state index in [2.05, 4.69) is 5.16 Å². The molecule has 1 aliphatic rings. The molecular weight excluding hydrogens is 217 g/mol. The Bertz CT molecular complexity index is 301. The average Bonchev–Trinajstić information content (AvgIpc) is 2.13. The monoisotopic (exact) mass is 223 g/mol. The van der Waals surface area contributed by atoms with Crippen LogP contribution in [-0.2, 0) is 9.59 Å². The normalized spacial score (nSPS) is 17.0. The van der Waals surface area contributed by atoms with E-state index in [0.29, 0.717) is 9.80 Å². The van der Waals surface area contributed by atoms with Crippen molar-refractivity contribution in [3.05, 3.63) is 5.21 Å². The number of hydrogen-bond acceptors (Lipinski definition) is 5. The number of barbiturate groups is 1. The second kappa shape index (κ2) is 4.98. The van der Waals surface area contributed by atoms with Gasteiger partial charge in [0.15, 0.2) is 5.71 Å². The summed E-state index contributed by atoms with van der Waals surface area (Å²) in [6.45, 7) is 0.